The van der Waals surface area contributed by atoms with Crippen molar-refractivity contribution in [2.75, 3.05) is 31.1 Å². The zero-order valence-electron chi connectivity index (χ0n) is 9.45. The molecule has 0 saturated carbocycles. The number of benzene rings is 1. The Morgan fingerprint density at radius 3 is 3.12 bits per heavy atom. The fourth-order valence-electron chi connectivity index (χ4n) is 2.08. The van der Waals surface area contributed by atoms with E-state index >= 15 is 0 Å². The number of hydrogen-bond acceptors (Lipinski definition) is 4. The van der Waals surface area contributed by atoms with Crippen LogP contribution in [0, 0.1) is 0 Å². The Morgan fingerprint density at radius 2 is 2.24 bits per heavy atom. The van der Waals surface area contributed by atoms with Crippen molar-refractivity contribution in [1.29, 1.82) is 0 Å². The lowest BCUT2D eigenvalue weighted by Crippen LogP contribution is -2.27. The van der Waals surface area contributed by atoms with Crippen molar-refractivity contribution < 1.29 is 0 Å². The zero-order chi connectivity index (χ0) is 11.7. The van der Waals surface area contributed by atoms with Gasteiger partial charge in [-0.25, -0.2) is 4.98 Å². The van der Waals surface area contributed by atoms with E-state index in [4.69, 9.17) is 4.98 Å². The molecule has 0 radical (unpaired) electrons. The van der Waals surface area contributed by atoms with Gasteiger partial charge in [0.1, 0.15) is 0 Å². The number of para-hydroxylation sites is 1. The highest BCUT2D eigenvalue weighted by atomic mass is 79.9. The van der Waals surface area contributed by atoms with Crippen molar-refractivity contribution in [1.82, 2.24) is 10.3 Å². The van der Waals surface area contributed by atoms with Gasteiger partial charge in [0.05, 0.1) is 10.2 Å². The summed E-state index contributed by atoms with van der Waals surface area (Å²) in [5.41, 5.74) is 1.09. The Kier molecular flexibility index (Phi) is 3.31. The minimum absolute atomic E-state index is 1.05. The lowest BCUT2D eigenvalue weighted by Gasteiger charge is -2.17. The molecule has 0 spiro atoms. The van der Waals surface area contributed by atoms with Crippen molar-refractivity contribution in [3.8, 4) is 0 Å². The Labute approximate surface area is 113 Å². The van der Waals surface area contributed by atoms with Gasteiger partial charge < -0.3 is 10.2 Å². The third-order valence-electron chi connectivity index (χ3n) is 2.97. The molecule has 0 aliphatic carbocycles. The summed E-state index contributed by atoms with van der Waals surface area (Å²) in [4.78, 5) is 7.13. The number of hydrogen-bond donors (Lipinski definition) is 1. The molecule has 17 heavy (non-hydrogen) atoms. The number of thiazole rings is 1. The van der Waals surface area contributed by atoms with E-state index in [0.717, 1.165) is 41.3 Å². The van der Waals surface area contributed by atoms with E-state index in [9.17, 15) is 0 Å². The minimum atomic E-state index is 1.05. The van der Waals surface area contributed by atoms with Gasteiger partial charge in [-0.2, -0.15) is 0 Å². The SMILES string of the molecule is Brc1cccc2sc(N3CCCNCC3)nc12. The average molecular weight is 312 g/mol. The summed E-state index contributed by atoms with van der Waals surface area (Å²) in [5, 5.41) is 4.57. The van der Waals surface area contributed by atoms with Gasteiger partial charge in [0.2, 0.25) is 0 Å². The highest BCUT2D eigenvalue weighted by Gasteiger charge is 2.14. The Bertz CT molecular complexity index is 517. The summed E-state index contributed by atoms with van der Waals surface area (Å²) in [5.74, 6) is 0. The summed E-state index contributed by atoms with van der Waals surface area (Å²) in [7, 11) is 0. The van der Waals surface area contributed by atoms with E-state index in [2.05, 4.69) is 44.3 Å². The van der Waals surface area contributed by atoms with Crippen LogP contribution >= 0.6 is 27.3 Å². The Morgan fingerprint density at radius 1 is 1.29 bits per heavy atom. The van der Waals surface area contributed by atoms with Gasteiger partial charge >= 0.3 is 0 Å². The van der Waals surface area contributed by atoms with Crippen LogP contribution in [0.2, 0.25) is 0 Å². The van der Waals surface area contributed by atoms with E-state index in [1.807, 2.05) is 0 Å². The monoisotopic (exact) mass is 311 g/mol. The van der Waals surface area contributed by atoms with E-state index in [1.165, 1.54) is 11.1 Å². The van der Waals surface area contributed by atoms with Gasteiger partial charge in [-0.15, -0.1) is 0 Å². The summed E-state index contributed by atoms with van der Waals surface area (Å²) in [6.07, 6.45) is 1.19. The molecule has 1 aromatic heterocycles. The topological polar surface area (TPSA) is 28.2 Å². The number of anilines is 1. The lowest BCUT2D eigenvalue weighted by molar-refractivity contribution is 0.724. The normalized spacial score (nSPS) is 17.4. The fourth-order valence-corrected chi connectivity index (χ4v) is 3.71. The molecule has 0 bridgehead atoms. The number of halogens is 1. The highest BCUT2D eigenvalue weighted by molar-refractivity contribution is 9.10. The Balaban J connectivity index is 1.96. The lowest BCUT2D eigenvalue weighted by atomic mass is 10.3. The number of aromatic nitrogens is 1. The van der Waals surface area contributed by atoms with Gasteiger partial charge in [-0.1, -0.05) is 17.4 Å². The Hall–Kier alpha value is -0.650. The number of nitrogens with zero attached hydrogens (tertiary/aromatic N) is 2. The first-order valence-electron chi connectivity index (χ1n) is 5.85. The minimum Gasteiger partial charge on any atom is -0.347 e. The zero-order valence-corrected chi connectivity index (χ0v) is 11.9. The average Bonchev–Trinajstić information content (AvgIpc) is 2.59. The molecule has 2 heterocycles. The van der Waals surface area contributed by atoms with Gasteiger partial charge in [0, 0.05) is 24.1 Å². The second-order valence-corrected chi connectivity index (χ2v) is 6.04. The van der Waals surface area contributed by atoms with Crippen LogP contribution in [0.1, 0.15) is 6.42 Å². The first-order valence-corrected chi connectivity index (χ1v) is 7.46. The first-order chi connectivity index (χ1) is 8.34. The molecule has 0 amide bonds. The fraction of sp³-hybridized carbons (Fsp3) is 0.417. The summed E-state index contributed by atoms with van der Waals surface area (Å²) < 4.78 is 2.34. The van der Waals surface area contributed by atoms with Gasteiger partial charge in [0.25, 0.3) is 0 Å². The van der Waals surface area contributed by atoms with Crippen molar-refractivity contribution >= 4 is 42.6 Å². The molecule has 1 aliphatic heterocycles. The van der Waals surface area contributed by atoms with Crippen LogP contribution in [0.3, 0.4) is 0 Å². The standard InChI is InChI=1S/C12H14BrN3S/c13-9-3-1-4-10-11(9)15-12(17-10)16-7-2-5-14-6-8-16/h1,3-4,14H,2,5-8H2. The second-order valence-electron chi connectivity index (χ2n) is 4.17. The first kappa shape index (κ1) is 11.4. The number of nitrogens with one attached hydrogen (secondary N) is 1. The maximum atomic E-state index is 4.75. The molecule has 3 rings (SSSR count). The quantitative estimate of drug-likeness (QED) is 0.878. The molecule has 1 aromatic carbocycles. The summed E-state index contributed by atoms with van der Waals surface area (Å²) >= 11 is 5.35. The molecule has 0 unspecified atom stereocenters. The predicted molar refractivity (Wildman–Crippen MR) is 77.0 cm³/mol. The number of rotatable bonds is 1. The summed E-state index contributed by atoms with van der Waals surface area (Å²) in [6, 6.07) is 6.26. The van der Waals surface area contributed by atoms with E-state index in [0.29, 0.717) is 0 Å². The number of fused-ring (bicyclic) bond motifs is 1. The third kappa shape index (κ3) is 2.32. The highest BCUT2D eigenvalue weighted by Crippen LogP contribution is 2.32. The second kappa shape index (κ2) is 4.92. The molecular weight excluding hydrogens is 298 g/mol. The molecule has 2 aromatic rings. The molecule has 1 fully saturated rings. The van der Waals surface area contributed by atoms with Gasteiger partial charge in [0.15, 0.2) is 5.13 Å². The smallest absolute Gasteiger partial charge is 0.186 e. The molecule has 0 atom stereocenters. The molecule has 90 valence electrons. The van der Waals surface area contributed by atoms with Gasteiger partial charge in [-0.3, -0.25) is 0 Å². The van der Waals surface area contributed by atoms with Crippen LogP contribution in [-0.4, -0.2) is 31.2 Å². The van der Waals surface area contributed by atoms with Crippen molar-refractivity contribution in [2.24, 2.45) is 0 Å². The van der Waals surface area contributed by atoms with Crippen LogP contribution in [0.4, 0.5) is 5.13 Å². The van der Waals surface area contributed by atoms with Crippen molar-refractivity contribution in [2.45, 2.75) is 6.42 Å². The van der Waals surface area contributed by atoms with Crippen LogP contribution in [0.25, 0.3) is 10.2 Å². The molecule has 1 saturated heterocycles. The predicted octanol–water partition coefficient (Wildman–Crippen LogP) is 2.86. The molecule has 1 N–H and O–H groups in total. The maximum absolute atomic E-state index is 4.75. The molecular formula is C12H14BrN3S. The van der Waals surface area contributed by atoms with Crippen molar-refractivity contribution in [3.05, 3.63) is 22.7 Å². The summed E-state index contributed by atoms with van der Waals surface area (Å²) in [6.45, 7) is 4.32. The third-order valence-corrected chi connectivity index (χ3v) is 4.69. The van der Waals surface area contributed by atoms with Gasteiger partial charge in [-0.05, 0) is 41.0 Å². The van der Waals surface area contributed by atoms with Crippen LogP contribution in [0.15, 0.2) is 22.7 Å². The molecule has 3 nitrogen and oxygen atoms in total. The largest absolute Gasteiger partial charge is 0.347 e. The van der Waals surface area contributed by atoms with E-state index in [-0.39, 0.29) is 0 Å². The van der Waals surface area contributed by atoms with Crippen LogP contribution in [-0.2, 0) is 0 Å². The maximum Gasteiger partial charge on any atom is 0.186 e. The molecule has 5 heteroatoms. The van der Waals surface area contributed by atoms with E-state index in [1.54, 1.807) is 11.3 Å². The van der Waals surface area contributed by atoms with Crippen LogP contribution < -0.4 is 10.2 Å². The van der Waals surface area contributed by atoms with Crippen molar-refractivity contribution in [3.63, 3.8) is 0 Å². The van der Waals surface area contributed by atoms with E-state index < -0.39 is 0 Å². The molecule has 1 aliphatic rings. The van der Waals surface area contributed by atoms with Crippen LogP contribution in [0.5, 0.6) is 0 Å².